The molecule has 2 aromatic rings. The van der Waals surface area contributed by atoms with Crippen molar-refractivity contribution in [3.05, 3.63) is 40.3 Å². The second-order valence-corrected chi connectivity index (χ2v) is 6.06. The van der Waals surface area contributed by atoms with Crippen molar-refractivity contribution >= 4 is 23.1 Å². The number of hydrogen-bond donors (Lipinski definition) is 3. The Bertz CT molecular complexity index is 572. The predicted molar refractivity (Wildman–Crippen MR) is 89.3 cm³/mol. The number of rotatable bonds is 8. The molecule has 118 valence electrons. The van der Waals surface area contributed by atoms with Crippen molar-refractivity contribution in [1.82, 2.24) is 20.8 Å². The van der Waals surface area contributed by atoms with Crippen LogP contribution in [-0.4, -0.2) is 35.9 Å². The minimum absolute atomic E-state index is 0.138. The average Bonchev–Trinajstić information content (AvgIpc) is 2.93. The van der Waals surface area contributed by atoms with E-state index in [-0.39, 0.29) is 6.03 Å². The predicted octanol–water partition coefficient (Wildman–Crippen LogP) is 2.19. The van der Waals surface area contributed by atoms with Crippen LogP contribution in [0.4, 0.5) is 10.5 Å². The van der Waals surface area contributed by atoms with Crippen LogP contribution in [-0.2, 0) is 6.42 Å². The van der Waals surface area contributed by atoms with Gasteiger partial charge < -0.3 is 16.0 Å². The number of hydrogen-bond acceptors (Lipinski definition) is 5. The maximum atomic E-state index is 11.6. The molecule has 0 bridgehead atoms. The zero-order valence-corrected chi connectivity index (χ0v) is 13.4. The molecule has 22 heavy (non-hydrogen) atoms. The van der Waals surface area contributed by atoms with Crippen molar-refractivity contribution in [2.24, 2.45) is 0 Å². The Morgan fingerprint density at radius 2 is 1.86 bits per heavy atom. The molecule has 7 heteroatoms. The number of amides is 2. The van der Waals surface area contributed by atoms with Gasteiger partial charge in [-0.05, 0) is 25.5 Å². The summed E-state index contributed by atoms with van der Waals surface area (Å²) in [5.74, 6) is 0. The second-order valence-electron chi connectivity index (χ2n) is 4.79. The van der Waals surface area contributed by atoms with Crippen LogP contribution in [0.15, 0.2) is 30.3 Å². The van der Waals surface area contributed by atoms with E-state index in [1.807, 2.05) is 37.3 Å². The third-order valence-electron chi connectivity index (χ3n) is 2.93. The smallest absolute Gasteiger partial charge is 0.314 e. The summed E-state index contributed by atoms with van der Waals surface area (Å²) in [5, 5.41) is 18.8. The van der Waals surface area contributed by atoms with Crippen LogP contribution >= 0.6 is 11.3 Å². The van der Waals surface area contributed by atoms with E-state index in [0.717, 1.165) is 28.7 Å². The number of benzene rings is 1. The summed E-state index contributed by atoms with van der Waals surface area (Å²) in [4.78, 5) is 11.6. The van der Waals surface area contributed by atoms with Crippen LogP contribution in [0.2, 0.25) is 0 Å². The molecule has 0 radical (unpaired) electrons. The molecule has 0 saturated heterocycles. The summed E-state index contributed by atoms with van der Waals surface area (Å²) in [6.07, 6.45) is 1.59. The minimum atomic E-state index is -0.138. The fraction of sp³-hybridized carbons (Fsp3) is 0.400. The molecular formula is C15H21N5OS. The molecule has 0 atom stereocenters. The van der Waals surface area contributed by atoms with Crippen molar-refractivity contribution in [1.29, 1.82) is 0 Å². The highest BCUT2D eigenvalue weighted by Crippen LogP contribution is 2.07. The van der Waals surface area contributed by atoms with Gasteiger partial charge in [-0.15, -0.1) is 21.5 Å². The summed E-state index contributed by atoms with van der Waals surface area (Å²) in [6.45, 7) is 3.96. The first-order valence-electron chi connectivity index (χ1n) is 7.33. The van der Waals surface area contributed by atoms with Crippen molar-refractivity contribution in [2.75, 3.05) is 25.0 Å². The monoisotopic (exact) mass is 319 g/mol. The fourth-order valence-corrected chi connectivity index (χ4v) is 2.57. The van der Waals surface area contributed by atoms with Crippen molar-refractivity contribution in [3.8, 4) is 0 Å². The molecule has 0 fully saturated rings. The second kappa shape index (κ2) is 8.99. The lowest BCUT2D eigenvalue weighted by Gasteiger charge is -2.08. The van der Waals surface area contributed by atoms with E-state index in [1.54, 1.807) is 11.3 Å². The van der Waals surface area contributed by atoms with Gasteiger partial charge in [0.15, 0.2) is 0 Å². The highest BCUT2D eigenvalue weighted by atomic mass is 32.1. The highest BCUT2D eigenvalue weighted by molar-refractivity contribution is 7.11. The Hall–Kier alpha value is -2.15. The number of aryl methyl sites for hydroxylation is 1. The van der Waals surface area contributed by atoms with Crippen LogP contribution in [0.1, 0.15) is 16.4 Å². The topological polar surface area (TPSA) is 78.9 Å². The van der Waals surface area contributed by atoms with Crippen LogP contribution in [0.25, 0.3) is 0 Å². The number of nitrogens with zero attached hydrogens (tertiary/aromatic N) is 2. The van der Waals surface area contributed by atoms with Gasteiger partial charge in [0.1, 0.15) is 10.0 Å². The average molecular weight is 319 g/mol. The lowest BCUT2D eigenvalue weighted by atomic mass is 10.3. The number of nitrogens with one attached hydrogen (secondary N) is 3. The van der Waals surface area contributed by atoms with Gasteiger partial charge >= 0.3 is 6.03 Å². The Balaban J connectivity index is 1.49. The summed E-state index contributed by atoms with van der Waals surface area (Å²) < 4.78 is 0. The van der Waals surface area contributed by atoms with Gasteiger partial charge in [-0.3, -0.25) is 0 Å². The molecule has 3 N–H and O–H groups in total. The molecule has 0 aliphatic carbocycles. The molecule has 6 nitrogen and oxygen atoms in total. The third kappa shape index (κ3) is 6.09. The van der Waals surface area contributed by atoms with E-state index in [1.165, 1.54) is 0 Å². The van der Waals surface area contributed by atoms with Crippen molar-refractivity contribution < 1.29 is 4.79 Å². The van der Waals surface area contributed by atoms with E-state index in [4.69, 9.17) is 0 Å². The first-order chi connectivity index (χ1) is 10.7. The molecule has 0 aliphatic rings. The Labute approximate surface area is 134 Å². The van der Waals surface area contributed by atoms with E-state index in [9.17, 15) is 4.79 Å². The molecule has 0 unspecified atom stereocenters. The SMILES string of the molecule is Cc1nnc(CCNC(=O)NCCCNc2ccccc2)s1. The molecule has 0 saturated carbocycles. The first-order valence-corrected chi connectivity index (χ1v) is 8.15. The van der Waals surface area contributed by atoms with Crippen LogP contribution < -0.4 is 16.0 Å². The first kappa shape index (κ1) is 16.2. The molecule has 2 rings (SSSR count). The van der Waals surface area contributed by atoms with E-state index in [0.29, 0.717) is 19.5 Å². The van der Waals surface area contributed by atoms with Gasteiger partial charge in [0.25, 0.3) is 0 Å². The number of carbonyl (C=O) groups excluding carboxylic acids is 1. The quantitative estimate of drug-likeness (QED) is 0.652. The van der Waals surface area contributed by atoms with Crippen molar-refractivity contribution in [2.45, 2.75) is 19.8 Å². The van der Waals surface area contributed by atoms with Crippen LogP contribution in [0.5, 0.6) is 0 Å². The normalized spacial score (nSPS) is 10.2. The van der Waals surface area contributed by atoms with E-state index >= 15 is 0 Å². The molecule has 1 aromatic carbocycles. The van der Waals surface area contributed by atoms with Gasteiger partial charge in [-0.2, -0.15) is 0 Å². The Kier molecular flexibility index (Phi) is 6.63. The number of carbonyl (C=O) groups is 1. The molecule has 0 aliphatic heterocycles. The third-order valence-corrected chi connectivity index (χ3v) is 3.83. The van der Waals surface area contributed by atoms with Crippen LogP contribution in [0.3, 0.4) is 0 Å². The fourth-order valence-electron chi connectivity index (χ4n) is 1.86. The van der Waals surface area contributed by atoms with E-state index < -0.39 is 0 Å². The highest BCUT2D eigenvalue weighted by Gasteiger charge is 2.02. The maximum Gasteiger partial charge on any atom is 0.314 e. The molecule has 0 spiro atoms. The van der Waals surface area contributed by atoms with Gasteiger partial charge in [-0.25, -0.2) is 4.79 Å². The molecule has 1 heterocycles. The van der Waals surface area contributed by atoms with Gasteiger partial charge in [-0.1, -0.05) is 18.2 Å². The summed E-state index contributed by atoms with van der Waals surface area (Å²) in [7, 11) is 0. The van der Waals surface area contributed by atoms with Crippen molar-refractivity contribution in [3.63, 3.8) is 0 Å². The number of urea groups is 1. The van der Waals surface area contributed by atoms with Gasteiger partial charge in [0.05, 0.1) is 0 Å². The number of para-hydroxylation sites is 1. The zero-order valence-electron chi connectivity index (χ0n) is 12.6. The lowest BCUT2D eigenvalue weighted by molar-refractivity contribution is 0.241. The Morgan fingerprint density at radius 1 is 1.09 bits per heavy atom. The molecular weight excluding hydrogens is 298 g/mol. The largest absolute Gasteiger partial charge is 0.385 e. The standard InChI is InChI=1S/C15H21N5OS/c1-12-19-20-14(22-12)8-11-18-15(21)17-10-5-9-16-13-6-3-2-4-7-13/h2-4,6-7,16H,5,8-11H2,1H3,(H2,17,18,21). The maximum absolute atomic E-state index is 11.6. The molecule has 1 aromatic heterocycles. The summed E-state index contributed by atoms with van der Waals surface area (Å²) in [6, 6.07) is 9.88. The molecule has 2 amide bonds. The lowest BCUT2D eigenvalue weighted by Crippen LogP contribution is -2.37. The minimum Gasteiger partial charge on any atom is -0.385 e. The zero-order chi connectivity index (χ0) is 15.6. The van der Waals surface area contributed by atoms with Gasteiger partial charge in [0, 0.05) is 31.7 Å². The van der Waals surface area contributed by atoms with E-state index in [2.05, 4.69) is 26.1 Å². The number of anilines is 1. The van der Waals surface area contributed by atoms with Gasteiger partial charge in [0.2, 0.25) is 0 Å². The summed E-state index contributed by atoms with van der Waals surface area (Å²) in [5.41, 5.74) is 1.10. The van der Waals surface area contributed by atoms with Crippen LogP contribution in [0, 0.1) is 6.92 Å². The Morgan fingerprint density at radius 3 is 2.59 bits per heavy atom. The number of aromatic nitrogens is 2. The summed E-state index contributed by atoms with van der Waals surface area (Å²) >= 11 is 1.56.